The molecule has 186 valence electrons. The molecule has 7 nitrogen and oxygen atoms in total. The molecule has 1 saturated heterocycles. The van der Waals surface area contributed by atoms with Crippen LogP contribution in [-0.2, 0) is 24.2 Å². The first-order chi connectivity index (χ1) is 17.5. The molecule has 0 aliphatic carbocycles. The van der Waals surface area contributed by atoms with Crippen molar-refractivity contribution >= 4 is 17.6 Å². The van der Waals surface area contributed by atoms with Gasteiger partial charge in [-0.15, -0.1) is 0 Å². The average molecular weight is 485 g/mol. The fraction of sp³-hybridized carbons (Fsp3) is 0.345. The molecule has 36 heavy (non-hydrogen) atoms. The monoisotopic (exact) mass is 484 g/mol. The molecule has 0 radical (unpaired) electrons. The molecule has 2 N–H and O–H groups in total. The predicted molar refractivity (Wildman–Crippen MR) is 140 cm³/mol. The van der Waals surface area contributed by atoms with E-state index < -0.39 is 6.04 Å². The van der Waals surface area contributed by atoms with E-state index in [1.165, 1.54) is 5.56 Å². The van der Waals surface area contributed by atoms with Gasteiger partial charge in [-0.2, -0.15) is 0 Å². The highest BCUT2D eigenvalue weighted by Gasteiger charge is 2.37. The molecule has 3 aromatic rings. The third kappa shape index (κ3) is 5.20. The summed E-state index contributed by atoms with van der Waals surface area (Å²) in [4.78, 5) is 40.8. The van der Waals surface area contributed by atoms with E-state index in [9.17, 15) is 14.4 Å². The number of pyridine rings is 1. The van der Waals surface area contributed by atoms with Crippen molar-refractivity contribution in [3.63, 3.8) is 0 Å². The summed E-state index contributed by atoms with van der Waals surface area (Å²) in [5.74, 6) is 0.0989. The van der Waals surface area contributed by atoms with Gasteiger partial charge in [0.05, 0.1) is 0 Å². The van der Waals surface area contributed by atoms with Gasteiger partial charge in [0.25, 0.3) is 5.56 Å². The molecule has 2 unspecified atom stereocenters. The van der Waals surface area contributed by atoms with E-state index in [4.69, 9.17) is 0 Å². The van der Waals surface area contributed by atoms with Gasteiger partial charge in [0.15, 0.2) is 0 Å². The highest BCUT2D eigenvalue weighted by molar-refractivity contribution is 5.97. The fourth-order valence-electron chi connectivity index (χ4n) is 5.41. The van der Waals surface area contributed by atoms with Crippen molar-refractivity contribution in [2.75, 3.05) is 18.4 Å². The molecule has 2 aromatic carbocycles. The predicted octanol–water partition coefficient (Wildman–Crippen LogP) is 3.79. The molecule has 2 bridgehead atoms. The summed E-state index contributed by atoms with van der Waals surface area (Å²) in [6.07, 6.45) is 2.29. The number of likely N-dealkylation sites (tertiary alicyclic amines) is 1. The van der Waals surface area contributed by atoms with Gasteiger partial charge in [0.2, 0.25) is 5.91 Å². The first kappa shape index (κ1) is 23.9. The molecule has 3 amide bonds. The summed E-state index contributed by atoms with van der Waals surface area (Å²) in [5.41, 5.74) is 3.89. The molecule has 2 aliphatic rings. The van der Waals surface area contributed by atoms with Crippen LogP contribution in [0.4, 0.5) is 10.5 Å². The number of benzene rings is 2. The van der Waals surface area contributed by atoms with E-state index in [1.807, 2.05) is 65.2 Å². The number of urea groups is 1. The van der Waals surface area contributed by atoms with Crippen LogP contribution in [0.5, 0.6) is 0 Å². The number of anilines is 1. The summed E-state index contributed by atoms with van der Waals surface area (Å²) in [6, 6.07) is 21.9. The Bertz CT molecular complexity index is 1290. The lowest BCUT2D eigenvalue weighted by Crippen LogP contribution is -2.55. The Balaban J connectivity index is 1.31. The van der Waals surface area contributed by atoms with E-state index in [0.717, 1.165) is 24.1 Å². The van der Waals surface area contributed by atoms with Gasteiger partial charge in [0.1, 0.15) is 6.04 Å². The van der Waals surface area contributed by atoms with E-state index in [1.54, 1.807) is 17.0 Å². The van der Waals surface area contributed by atoms with Crippen LogP contribution < -0.4 is 16.2 Å². The lowest BCUT2D eigenvalue weighted by Gasteiger charge is -2.43. The Labute approximate surface area is 211 Å². The van der Waals surface area contributed by atoms with Crippen LogP contribution in [-0.4, -0.2) is 40.5 Å². The lowest BCUT2D eigenvalue weighted by atomic mass is 9.83. The normalized spacial score (nSPS) is 19.2. The largest absolute Gasteiger partial charge is 0.326 e. The van der Waals surface area contributed by atoms with Gasteiger partial charge in [-0.3, -0.25) is 9.59 Å². The summed E-state index contributed by atoms with van der Waals surface area (Å²) in [5, 5.41) is 5.98. The fourth-order valence-corrected chi connectivity index (χ4v) is 5.41. The second-order valence-electron chi connectivity index (χ2n) is 9.83. The zero-order valence-electron chi connectivity index (χ0n) is 20.5. The highest BCUT2D eigenvalue weighted by atomic mass is 16.2. The van der Waals surface area contributed by atoms with Crippen molar-refractivity contribution in [3.8, 4) is 0 Å². The molecule has 3 atom stereocenters. The third-order valence-electron chi connectivity index (χ3n) is 7.29. The number of nitrogens with one attached hydrogen (secondary N) is 2. The second-order valence-corrected chi connectivity index (χ2v) is 9.83. The summed E-state index contributed by atoms with van der Waals surface area (Å²) >= 11 is 0. The van der Waals surface area contributed by atoms with Crippen molar-refractivity contribution in [1.29, 1.82) is 0 Å². The zero-order valence-corrected chi connectivity index (χ0v) is 20.5. The molecule has 0 saturated carbocycles. The molecular weight excluding hydrogens is 452 g/mol. The number of amides is 3. The molecular formula is C29H32N4O3. The van der Waals surface area contributed by atoms with Crippen LogP contribution in [0, 0.1) is 5.92 Å². The quantitative estimate of drug-likeness (QED) is 0.559. The molecule has 3 heterocycles. The van der Waals surface area contributed by atoms with Crippen molar-refractivity contribution < 1.29 is 9.59 Å². The molecule has 5 rings (SSSR count). The number of fused-ring (bicyclic) bond motifs is 4. The first-order valence-electron chi connectivity index (χ1n) is 12.7. The van der Waals surface area contributed by atoms with Crippen LogP contribution in [0.2, 0.25) is 0 Å². The topological polar surface area (TPSA) is 83.4 Å². The number of carbonyl (C=O) groups excluding carboxylic acids is 2. The Morgan fingerprint density at radius 3 is 2.44 bits per heavy atom. The number of hydrogen-bond donors (Lipinski definition) is 2. The van der Waals surface area contributed by atoms with Crippen LogP contribution >= 0.6 is 0 Å². The van der Waals surface area contributed by atoms with Crippen LogP contribution in [0.15, 0.2) is 77.6 Å². The van der Waals surface area contributed by atoms with Crippen molar-refractivity contribution in [2.45, 2.75) is 44.7 Å². The minimum atomic E-state index is -0.720. The molecule has 7 heteroatoms. The molecule has 2 aliphatic heterocycles. The summed E-state index contributed by atoms with van der Waals surface area (Å²) in [6.45, 7) is 3.81. The Morgan fingerprint density at radius 2 is 1.69 bits per heavy atom. The Hall–Kier alpha value is -3.87. The summed E-state index contributed by atoms with van der Waals surface area (Å²) < 4.78 is 1.85. The second kappa shape index (κ2) is 10.4. The zero-order chi connectivity index (χ0) is 25.1. The van der Waals surface area contributed by atoms with E-state index >= 15 is 0 Å². The van der Waals surface area contributed by atoms with Crippen LogP contribution in [0.1, 0.15) is 36.1 Å². The van der Waals surface area contributed by atoms with Gasteiger partial charge < -0.3 is 20.1 Å². The van der Waals surface area contributed by atoms with E-state index in [2.05, 4.69) is 17.6 Å². The van der Waals surface area contributed by atoms with Gasteiger partial charge in [0, 0.05) is 49.4 Å². The Morgan fingerprint density at radius 1 is 0.917 bits per heavy atom. The highest BCUT2D eigenvalue weighted by Crippen LogP contribution is 2.34. The number of aromatic nitrogens is 1. The first-order valence-corrected chi connectivity index (χ1v) is 12.7. The van der Waals surface area contributed by atoms with Gasteiger partial charge in [-0.1, -0.05) is 55.5 Å². The minimum absolute atomic E-state index is 0.0201. The number of aryl methyl sites for hydroxylation is 1. The smallest absolute Gasteiger partial charge is 0.318 e. The van der Waals surface area contributed by atoms with Crippen LogP contribution in [0.3, 0.4) is 0 Å². The standard InChI is InChI=1S/C29H32N4O3/c1-2-20-11-13-24(14-12-20)30-28(35)25(16-21-7-4-3-5-8-21)31-29(36)32-17-22-15-23(19-32)26-9-6-10-27(34)33(26)18-22/h3-14,22-23,25H,2,15-19H2,1H3,(H,30,35)(H,31,36)/t22?,23?,25-/m0/s1. The number of rotatable bonds is 6. The third-order valence-corrected chi connectivity index (χ3v) is 7.29. The maximum absolute atomic E-state index is 13.4. The van der Waals surface area contributed by atoms with Gasteiger partial charge in [-0.25, -0.2) is 4.79 Å². The maximum atomic E-state index is 13.4. The average Bonchev–Trinajstić information content (AvgIpc) is 2.90. The summed E-state index contributed by atoms with van der Waals surface area (Å²) in [7, 11) is 0. The van der Waals surface area contributed by atoms with E-state index in [0.29, 0.717) is 31.7 Å². The number of nitrogens with zero attached hydrogens (tertiary/aromatic N) is 2. The minimum Gasteiger partial charge on any atom is -0.326 e. The van der Waals surface area contributed by atoms with Crippen LogP contribution in [0.25, 0.3) is 0 Å². The molecule has 1 fully saturated rings. The number of carbonyl (C=O) groups is 2. The SMILES string of the molecule is CCc1ccc(NC(=O)[C@H](Cc2ccccc2)NC(=O)N2CC3CC(C2)c2cccc(=O)n2C3)cc1. The van der Waals surface area contributed by atoms with Crippen molar-refractivity contribution in [3.05, 3.63) is 100.0 Å². The number of hydrogen-bond acceptors (Lipinski definition) is 3. The molecule has 1 aromatic heterocycles. The van der Waals surface area contributed by atoms with E-state index in [-0.39, 0.29) is 29.3 Å². The molecule has 0 spiro atoms. The van der Waals surface area contributed by atoms with Crippen molar-refractivity contribution in [1.82, 2.24) is 14.8 Å². The van der Waals surface area contributed by atoms with Gasteiger partial charge in [-0.05, 0) is 48.1 Å². The maximum Gasteiger partial charge on any atom is 0.318 e. The van der Waals surface area contributed by atoms with Gasteiger partial charge >= 0.3 is 6.03 Å². The Kier molecular flexibility index (Phi) is 6.89. The van der Waals surface area contributed by atoms with Crippen molar-refractivity contribution in [2.24, 2.45) is 5.92 Å². The number of piperidine rings is 1. The lowest BCUT2D eigenvalue weighted by molar-refractivity contribution is -0.118.